The van der Waals surface area contributed by atoms with Crippen molar-refractivity contribution in [3.05, 3.63) is 64.7 Å². The summed E-state index contributed by atoms with van der Waals surface area (Å²) in [6.07, 6.45) is 0. The number of benzene rings is 2. The van der Waals surface area contributed by atoms with Gasteiger partial charge in [-0.05, 0) is 44.0 Å². The first-order chi connectivity index (χ1) is 10.2. The van der Waals surface area contributed by atoms with Crippen molar-refractivity contribution in [1.29, 1.82) is 0 Å². The Balaban J connectivity index is 2.31. The summed E-state index contributed by atoms with van der Waals surface area (Å²) in [6.45, 7) is 5.50. The van der Waals surface area contributed by atoms with Gasteiger partial charge in [-0.2, -0.15) is 0 Å². The Morgan fingerprint density at radius 1 is 1.05 bits per heavy atom. The van der Waals surface area contributed by atoms with Crippen LogP contribution in [0.1, 0.15) is 29.7 Å². The lowest BCUT2D eigenvalue weighted by Crippen LogP contribution is -2.28. The Morgan fingerprint density at radius 2 is 1.73 bits per heavy atom. The second kappa shape index (κ2) is 6.14. The highest BCUT2D eigenvalue weighted by Gasteiger charge is 2.23. The zero-order valence-corrected chi connectivity index (χ0v) is 13.3. The fraction of sp³-hybridized carbons (Fsp3) is 0.250. The summed E-state index contributed by atoms with van der Waals surface area (Å²) in [4.78, 5) is -0.564. The SMILES string of the molecule is Cc1ccc(C(C)NS(=O)(=O)c2ccc(F)cc2F)c(C)c1. The molecule has 118 valence electrons. The molecule has 2 rings (SSSR count). The van der Waals surface area contributed by atoms with E-state index in [4.69, 9.17) is 0 Å². The van der Waals surface area contributed by atoms with E-state index in [9.17, 15) is 17.2 Å². The standard InChI is InChI=1S/C16H17F2NO2S/c1-10-4-6-14(11(2)8-10)12(3)19-22(20,21)16-7-5-13(17)9-15(16)18/h4-9,12,19H,1-3H3. The first-order valence-corrected chi connectivity index (χ1v) is 8.23. The summed E-state index contributed by atoms with van der Waals surface area (Å²) in [5.74, 6) is -1.93. The van der Waals surface area contributed by atoms with Gasteiger partial charge >= 0.3 is 0 Å². The molecular formula is C16H17F2NO2S. The molecule has 0 amide bonds. The van der Waals surface area contributed by atoms with Gasteiger partial charge in [-0.15, -0.1) is 0 Å². The van der Waals surface area contributed by atoms with E-state index in [1.54, 1.807) is 6.92 Å². The van der Waals surface area contributed by atoms with Crippen LogP contribution in [0.25, 0.3) is 0 Å². The summed E-state index contributed by atoms with van der Waals surface area (Å²) in [6, 6.07) is 7.51. The fourth-order valence-corrected chi connectivity index (χ4v) is 3.65. The molecule has 0 aliphatic rings. The van der Waals surface area contributed by atoms with Crippen molar-refractivity contribution < 1.29 is 17.2 Å². The molecule has 0 saturated carbocycles. The van der Waals surface area contributed by atoms with Crippen LogP contribution in [0.15, 0.2) is 41.3 Å². The van der Waals surface area contributed by atoms with E-state index in [0.717, 1.165) is 28.8 Å². The smallest absolute Gasteiger partial charge is 0.207 e. The molecule has 1 unspecified atom stereocenters. The maximum Gasteiger partial charge on any atom is 0.244 e. The number of halogens is 2. The molecule has 0 aliphatic carbocycles. The fourth-order valence-electron chi connectivity index (χ4n) is 2.36. The summed E-state index contributed by atoms with van der Waals surface area (Å²) in [7, 11) is -4.07. The molecule has 0 heterocycles. The molecule has 0 saturated heterocycles. The number of hydrogen-bond donors (Lipinski definition) is 1. The quantitative estimate of drug-likeness (QED) is 0.933. The van der Waals surface area contributed by atoms with Gasteiger partial charge < -0.3 is 0 Å². The normalized spacial score (nSPS) is 13.1. The van der Waals surface area contributed by atoms with Crippen LogP contribution < -0.4 is 4.72 Å². The summed E-state index contributed by atoms with van der Waals surface area (Å²) in [5, 5.41) is 0. The average molecular weight is 325 g/mol. The maximum absolute atomic E-state index is 13.7. The van der Waals surface area contributed by atoms with Crippen LogP contribution in [0, 0.1) is 25.5 Å². The van der Waals surface area contributed by atoms with Crippen LogP contribution in [-0.4, -0.2) is 8.42 Å². The minimum Gasteiger partial charge on any atom is -0.207 e. The summed E-state index contributed by atoms with van der Waals surface area (Å²) < 4.78 is 53.5. The highest BCUT2D eigenvalue weighted by atomic mass is 32.2. The van der Waals surface area contributed by atoms with E-state index in [1.807, 2.05) is 32.0 Å². The van der Waals surface area contributed by atoms with Crippen LogP contribution in [0.5, 0.6) is 0 Å². The van der Waals surface area contributed by atoms with E-state index in [0.29, 0.717) is 6.07 Å². The predicted molar refractivity (Wildman–Crippen MR) is 81.0 cm³/mol. The first-order valence-electron chi connectivity index (χ1n) is 6.75. The monoisotopic (exact) mass is 325 g/mol. The molecule has 0 bridgehead atoms. The number of aryl methyl sites for hydroxylation is 2. The molecule has 1 N–H and O–H groups in total. The number of sulfonamides is 1. The van der Waals surface area contributed by atoms with Crippen LogP contribution in [0.4, 0.5) is 8.78 Å². The lowest BCUT2D eigenvalue weighted by molar-refractivity contribution is 0.536. The Labute approximate surface area is 129 Å². The summed E-state index contributed by atoms with van der Waals surface area (Å²) in [5.41, 5.74) is 2.81. The van der Waals surface area contributed by atoms with Crippen molar-refractivity contribution in [2.75, 3.05) is 0 Å². The molecule has 3 nitrogen and oxygen atoms in total. The van der Waals surface area contributed by atoms with Crippen molar-refractivity contribution in [2.24, 2.45) is 0 Å². The lowest BCUT2D eigenvalue weighted by Gasteiger charge is -2.17. The third kappa shape index (κ3) is 3.51. The lowest BCUT2D eigenvalue weighted by atomic mass is 10.0. The van der Waals surface area contributed by atoms with Gasteiger partial charge in [0.25, 0.3) is 0 Å². The van der Waals surface area contributed by atoms with Gasteiger partial charge in [-0.25, -0.2) is 21.9 Å². The average Bonchev–Trinajstić information content (AvgIpc) is 2.37. The maximum atomic E-state index is 13.7. The second-order valence-corrected chi connectivity index (χ2v) is 6.96. The molecule has 0 fully saturated rings. The van der Waals surface area contributed by atoms with E-state index in [1.165, 1.54) is 0 Å². The highest BCUT2D eigenvalue weighted by molar-refractivity contribution is 7.89. The topological polar surface area (TPSA) is 46.2 Å². The van der Waals surface area contributed by atoms with Gasteiger partial charge in [0.2, 0.25) is 10.0 Å². The molecule has 22 heavy (non-hydrogen) atoms. The first kappa shape index (κ1) is 16.6. The number of rotatable bonds is 4. The second-order valence-electron chi connectivity index (χ2n) is 5.28. The van der Waals surface area contributed by atoms with Gasteiger partial charge in [0.15, 0.2) is 0 Å². The van der Waals surface area contributed by atoms with Crippen molar-refractivity contribution in [1.82, 2.24) is 4.72 Å². The molecule has 0 aromatic heterocycles. The molecule has 6 heteroatoms. The zero-order valence-electron chi connectivity index (χ0n) is 12.5. The largest absolute Gasteiger partial charge is 0.244 e. The number of nitrogens with one attached hydrogen (secondary N) is 1. The number of hydrogen-bond acceptors (Lipinski definition) is 2. The van der Waals surface area contributed by atoms with E-state index in [2.05, 4.69) is 4.72 Å². The van der Waals surface area contributed by atoms with Gasteiger partial charge in [-0.3, -0.25) is 0 Å². The third-order valence-corrected chi connectivity index (χ3v) is 4.98. The van der Waals surface area contributed by atoms with Gasteiger partial charge in [-0.1, -0.05) is 23.8 Å². The third-order valence-electron chi connectivity index (χ3n) is 3.41. The molecule has 0 aliphatic heterocycles. The van der Waals surface area contributed by atoms with Crippen LogP contribution in [0.2, 0.25) is 0 Å². The van der Waals surface area contributed by atoms with Crippen molar-refractivity contribution in [3.8, 4) is 0 Å². The Bertz CT molecular complexity index is 804. The Hall–Kier alpha value is -1.79. The summed E-state index contributed by atoms with van der Waals surface area (Å²) >= 11 is 0. The van der Waals surface area contributed by atoms with Gasteiger partial charge in [0, 0.05) is 12.1 Å². The van der Waals surface area contributed by atoms with Crippen molar-refractivity contribution in [2.45, 2.75) is 31.7 Å². The Kier molecular flexibility index (Phi) is 4.63. The van der Waals surface area contributed by atoms with Gasteiger partial charge in [0.05, 0.1) is 0 Å². The van der Waals surface area contributed by atoms with Crippen molar-refractivity contribution in [3.63, 3.8) is 0 Å². The molecule has 1 atom stereocenters. The molecular weight excluding hydrogens is 308 g/mol. The minimum atomic E-state index is -4.07. The minimum absolute atomic E-state index is 0.532. The zero-order chi connectivity index (χ0) is 16.5. The van der Waals surface area contributed by atoms with Crippen LogP contribution >= 0.6 is 0 Å². The molecule has 2 aromatic rings. The van der Waals surface area contributed by atoms with E-state index < -0.39 is 32.6 Å². The van der Waals surface area contributed by atoms with Crippen LogP contribution in [-0.2, 0) is 10.0 Å². The molecule has 2 aromatic carbocycles. The van der Waals surface area contributed by atoms with E-state index in [-0.39, 0.29) is 0 Å². The van der Waals surface area contributed by atoms with Crippen LogP contribution in [0.3, 0.4) is 0 Å². The molecule has 0 radical (unpaired) electrons. The molecule has 0 spiro atoms. The van der Waals surface area contributed by atoms with Gasteiger partial charge in [0.1, 0.15) is 16.5 Å². The Morgan fingerprint density at radius 3 is 2.32 bits per heavy atom. The predicted octanol–water partition coefficient (Wildman–Crippen LogP) is 3.62. The highest BCUT2D eigenvalue weighted by Crippen LogP contribution is 2.22. The van der Waals surface area contributed by atoms with E-state index >= 15 is 0 Å². The van der Waals surface area contributed by atoms with Crippen molar-refractivity contribution >= 4 is 10.0 Å².